The number of carbonyl (C=O) groups excluding carboxylic acids is 1. The fourth-order valence-corrected chi connectivity index (χ4v) is 0.694. The quantitative estimate of drug-likeness (QED) is 0.431. The summed E-state index contributed by atoms with van der Waals surface area (Å²) in [4.78, 5) is 14.5. The van der Waals surface area contributed by atoms with Crippen molar-refractivity contribution in [3.63, 3.8) is 0 Å². The van der Waals surface area contributed by atoms with Crippen LogP contribution in [0.25, 0.3) is 0 Å². The minimum absolute atomic E-state index is 0.446. The van der Waals surface area contributed by atoms with Gasteiger partial charge in [-0.1, -0.05) is 0 Å². The molecule has 0 aliphatic heterocycles. The summed E-state index contributed by atoms with van der Waals surface area (Å²) in [7, 11) is 1.32. The van der Waals surface area contributed by atoms with E-state index in [0.29, 0.717) is 0 Å². The van der Waals surface area contributed by atoms with Crippen LogP contribution in [0.5, 0.6) is 0 Å². The Morgan fingerprint density at radius 1 is 1.75 bits per heavy atom. The van der Waals surface area contributed by atoms with Crippen LogP contribution in [0.1, 0.15) is 0 Å². The summed E-state index contributed by atoms with van der Waals surface area (Å²) in [6, 6.07) is 1.80. The summed E-state index contributed by atoms with van der Waals surface area (Å²) in [5.41, 5.74) is 0.739. The molecule has 0 saturated carbocycles. The van der Waals surface area contributed by atoms with Crippen LogP contribution < -0.4 is 0 Å². The monoisotopic (exact) mass is 157 g/mol. The van der Waals surface area contributed by atoms with Crippen molar-refractivity contribution < 1.29 is 9.53 Å². The van der Waals surface area contributed by atoms with E-state index in [2.05, 4.69) is 9.73 Å². The first-order valence-electron chi connectivity index (χ1n) is 3.50. The van der Waals surface area contributed by atoms with Crippen molar-refractivity contribution in [2.24, 2.45) is 4.99 Å². The van der Waals surface area contributed by atoms with Gasteiger partial charge in [0.15, 0.2) is 0 Å². The molecule has 0 aliphatic carbocycles. The molecule has 0 fully saturated rings. The van der Waals surface area contributed by atoms with Gasteiger partial charge in [0.2, 0.25) is 0 Å². The summed E-state index contributed by atoms with van der Waals surface area (Å²) < 4.78 is 4.38. The Labute approximate surface area is 72.5 Å². The number of nitrogens with zero attached hydrogens (tertiary/aromatic N) is 1. The van der Waals surface area contributed by atoms with E-state index in [0.717, 1.165) is 11.8 Å². The van der Waals surface area contributed by atoms with Crippen molar-refractivity contribution in [2.45, 2.75) is 0 Å². The molecule has 56 valence electrons. The topological polar surface area (TPSA) is 38.7 Å². The van der Waals surface area contributed by atoms with E-state index in [1.165, 1.54) is 7.11 Å². The molecule has 0 amide bonds. The van der Waals surface area contributed by atoms with Gasteiger partial charge in [-0.15, -0.1) is 0 Å². The maximum absolute atomic E-state index is 10.6. The molecule has 0 atom stereocenters. The zero-order chi connectivity index (χ0) is 8.81. The van der Waals surface area contributed by atoms with Gasteiger partial charge in [0.05, 0.1) is 0 Å². The third-order valence-corrected chi connectivity index (χ3v) is 1.28. The second kappa shape index (κ2) is 4.75. The van der Waals surface area contributed by atoms with Crippen molar-refractivity contribution in [1.29, 1.82) is 0 Å². The van der Waals surface area contributed by atoms with Crippen LogP contribution in [0.3, 0.4) is 0 Å². The minimum atomic E-state index is -0.446. The van der Waals surface area contributed by atoms with Crippen molar-refractivity contribution in [2.75, 3.05) is 7.11 Å². The van der Waals surface area contributed by atoms with Gasteiger partial charge in [-0.05, 0) is 0 Å². The van der Waals surface area contributed by atoms with Gasteiger partial charge in [-0.2, -0.15) is 0 Å². The first kappa shape index (κ1) is 9.04. The Hall–Kier alpha value is -1.06. The van der Waals surface area contributed by atoms with Crippen molar-refractivity contribution in [3.05, 3.63) is 12.0 Å². The van der Waals surface area contributed by atoms with E-state index >= 15 is 0 Å². The van der Waals surface area contributed by atoms with E-state index in [1.54, 1.807) is 12.9 Å². The number of esters is 1. The van der Waals surface area contributed by atoms with E-state index in [9.17, 15) is 4.79 Å². The molecule has 1 aromatic rings. The van der Waals surface area contributed by atoms with Crippen LogP contribution in [0.4, 0.5) is 5.58 Å². The van der Waals surface area contributed by atoms with Crippen LogP contribution in [0, 0.1) is 0 Å². The molecule has 0 bridgehead atoms. The van der Waals surface area contributed by atoms with Crippen molar-refractivity contribution in [3.8, 4) is 0 Å². The number of carbonyl (C=O) groups is 1. The fraction of sp³-hybridized carbons (Fsp3) is 0.167. The summed E-state index contributed by atoms with van der Waals surface area (Å²) >= 11 is 0. The zero-order valence-corrected chi connectivity index (χ0v) is 6.73. The molecule has 0 saturated heterocycles. The predicted molar refractivity (Wildman–Crippen MR) is 50.7 cm³/mol. The van der Waals surface area contributed by atoms with E-state index < -0.39 is 5.97 Å². The van der Waals surface area contributed by atoms with Crippen LogP contribution in [0.2, 0.25) is 0 Å². The Balaban J connectivity index is 2.64. The normalized spacial score (nSPS) is 9.08. The molecule has 0 spiro atoms. The second-order valence-corrected chi connectivity index (χ2v) is 2.12. The van der Waals surface area contributed by atoms with Crippen LogP contribution in [0.15, 0.2) is 17.0 Å². The predicted octanol–water partition coefficient (Wildman–Crippen LogP) is -0.424. The van der Waals surface area contributed by atoms with Crippen molar-refractivity contribution in [1.82, 2.24) is 0 Å². The maximum atomic E-state index is 10.6. The number of methoxy groups -OCH3 is 1. The van der Waals surface area contributed by atoms with Gasteiger partial charge in [0, 0.05) is 0 Å². The molecule has 1 rings (SSSR count). The molecule has 0 aromatic carbocycles. The van der Waals surface area contributed by atoms with Gasteiger partial charge < -0.3 is 0 Å². The Bertz CT molecular complexity index is 288. The number of ether oxygens (including phenoxy) is 1. The number of aliphatic imine (C=N–C) groups is 1. The fourth-order valence-electron chi connectivity index (χ4n) is 0.694. The first-order valence-corrected chi connectivity index (χ1v) is 3.50. The summed E-state index contributed by atoms with van der Waals surface area (Å²) in [6.45, 7) is 5.54. The van der Waals surface area contributed by atoms with Gasteiger partial charge in [-0.3, -0.25) is 0 Å². The van der Waals surface area contributed by atoms with Gasteiger partial charge in [0.1, 0.15) is 0 Å². The van der Waals surface area contributed by atoms with Crippen LogP contribution in [-0.4, -0.2) is 39.6 Å². The zero-order valence-electron chi connectivity index (χ0n) is 6.73. The second-order valence-electron chi connectivity index (χ2n) is 2.12. The summed E-state index contributed by atoms with van der Waals surface area (Å²) in [6.07, 6.45) is 1.15. The summed E-state index contributed by atoms with van der Waals surface area (Å²) in [5, 5.41) is 0. The molecule has 1 aromatic heterocycles. The number of rotatable bonds is 2. The first-order chi connectivity index (χ1) is 5.83. The molecule has 1 heterocycles. The number of hydrogen-bond acceptors (Lipinski definition) is 3. The van der Waals surface area contributed by atoms with Crippen LogP contribution in [-0.2, 0) is 9.53 Å². The molecule has 0 N–H and O–H groups in total. The van der Waals surface area contributed by atoms with Gasteiger partial charge in [-0.25, -0.2) is 0 Å². The van der Waals surface area contributed by atoms with Crippen molar-refractivity contribution >= 4 is 38.0 Å². The standard InChI is InChI=1S/C6H6B3NO2/c1-12-6(11)4-10-5-2-3-7-9-8-5/h2-4H,1H3. The molecule has 3 nitrogen and oxygen atoms in total. The molecule has 12 heavy (non-hydrogen) atoms. The molecule has 6 heteroatoms. The van der Waals surface area contributed by atoms with E-state index in [1.807, 2.05) is 19.4 Å². The van der Waals surface area contributed by atoms with Crippen LogP contribution >= 0.6 is 0 Å². The molecular formula is C6H6B3NO2. The number of hydrogen-bond donors (Lipinski definition) is 0. The summed E-state index contributed by atoms with van der Waals surface area (Å²) in [5.74, 6) is 1.41. The molecule has 0 unspecified atom stereocenters. The SMILES string of the molecule is COC(=O)C=Nc1bbbcc1. The van der Waals surface area contributed by atoms with Gasteiger partial charge >= 0.3 is 71.7 Å². The third-order valence-electron chi connectivity index (χ3n) is 1.28. The van der Waals surface area contributed by atoms with E-state index in [-0.39, 0.29) is 0 Å². The molecule has 0 aliphatic rings. The third kappa shape index (κ3) is 2.90. The molecule has 0 radical (unpaired) electrons. The Morgan fingerprint density at radius 2 is 2.58 bits per heavy atom. The average molecular weight is 157 g/mol. The van der Waals surface area contributed by atoms with Gasteiger partial charge in [0.25, 0.3) is 0 Å². The molecular weight excluding hydrogens is 151 g/mol. The van der Waals surface area contributed by atoms with E-state index in [4.69, 9.17) is 0 Å². The Morgan fingerprint density at radius 3 is 3.17 bits per heavy atom. The Kier molecular flexibility index (Phi) is 3.58. The average Bonchev–Trinajstić information content (AvgIpc) is 2.16.